The van der Waals surface area contributed by atoms with E-state index in [1.165, 1.54) is 12.1 Å². The van der Waals surface area contributed by atoms with E-state index >= 15 is 0 Å². The van der Waals surface area contributed by atoms with E-state index in [9.17, 15) is 13.2 Å². The molecule has 1 heterocycles. The number of hydrogen-bond donors (Lipinski definition) is 1. The minimum atomic E-state index is -4.36. The van der Waals surface area contributed by atoms with Crippen molar-refractivity contribution in [3.05, 3.63) is 84.4 Å². The Balaban J connectivity index is 1.73. The first-order chi connectivity index (χ1) is 13.0. The number of nitrogens with one attached hydrogen (secondary N) is 1. The number of aromatic nitrogens is 2. The van der Waals surface area contributed by atoms with Gasteiger partial charge in [-0.3, -0.25) is 0 Å². The van der Waals surface area contributed by atoms with Gasteiger partial charge in [-0.1, -0.05) is 54.6 Å². The Labute approximate surface area is 153 Å². The van der Waals surface area contributed by atoms with Crippen molar-refractivity contribution in [1.29, 1.82) is 0 Å². The van der Waals surface area contributed by atoms with E-state index in [2.05, 4.69) is 15.5 Å². The Kier molecular flexibility index (Phi) is 4.24. The van der Waals surface area contributed by atoms with Crippen LogP contribution in [0.1, 0.15) is 5.56 Å². The van der Waals surface area contributed by atoms with Crippen LogP contribution in [0.2, 0.25) is 0 Å². The van der Waals surface area contributed by atoms with Crippen LogP contribution in [0.25, 0.3) is 22.0 Å². The first-order valence-electron chi connectivity index (χ1n) is 8.27. The summed E-state index contributed by atoms with van der Waals surface area (Å²) < 4.78 is 38.2. The standard InChI is InChI=1S/C21H14F3N3/c22-21(23,24)15-10-12-16(13-11-15)25-20-18-9-5-4-8-17(18)19(26-27-20)14-6-2-1-3-7-14/h1-13H,(H,25,27). The van der Waals surface area contributed by atoms with Crippen LogP contribution in [0.15, 0.2) is 78.9 Å². The highest BCUT2D eigenvalue weighted by Crippen LogP contribution is 2.33. The molecule has 0 fully saturated rings. The Hall–Kier alpha value is -3.41. The minimum Gasteiger partial charge on any atom is -0.338 e. The van der Waals surface area contributed by atoms with Gasteiger partial charge in [-0.2, -0.15) is 13.2 Å². The highest BCUT2D eigenvalue weighted by atomic mass is 19.4. The zero-order valence-electron chi connectivity index (χ0n) is 14.0. The second kappa shape index (κ2) is 6.72. The quantitative estimate of drug-likeness (QED) is 0.480. The van der Waals surface area contributed by atoms with E-state index in [4.69, 9.17) is 0 Å². The molecule has 0 aliphatic heterocycles. The normalized spacial score (nSPS) is 11.5. The van der Waals surface area contributed by atoms with Crippen LogP contribution in [0.3, 0.4) is 0 Å². The average molecular weight is 365 g/mol. The molecule has 0 saturated carbocycles. The van der Waals surface area contributed by atoms with E-state index < -0.39 is 11.7 Å². The molecule has 1 aromatic heterocycles. The zero-order valence-corrected chi connectivity index (χ0v) is 14.0. The molecule has 0 bridgehead atoms. The number of fused-ring (bicyclic) bond motifs is 1. The Bertz CT molecular complexity index is 1080. The van der Waals surface area contributed by atoms with Gasteiger partial charge in [0.1, 0.15) is 5.69 Å². The summed E-state index contributed by atoms with van der Waals surface area (Å²) in [5.41, 5.74) is 1.52. The van der Waals surface area contributed by atoms with Crippen molar-refractivity contribution in [3.63, 3.8) is 0 Å². The number of anilines is 2. The lowest BCUT2D eigenvalue weighted by atomic mass is 10.0. The Morgan fingerprint density at radius 3 is 1.96 bits per heavy atom. The average Bonchev–Trinajstić information content (AvgIpc) is 2.69. The van der Waals surface area contributed by atoms with Gasteiger partial charge in [-0.05, 0) is 24.3 Å². The maximum Gasteiger partial charge on any atom is 0.416 e. The summed E-state index contributed by atoms with van der Waals surface area (Å²) in [5, 5.41) is 13.4. The summed E-state index contributed by atoms with van der Waals surface area (Å²) in [6.45, 7) is 0. The summed E-state index contributed by atoms with van der Waals surface area (Å²) in [6.07, 6.45) is -4.36. The predicted molar refractivity (Wildman–Crippen MR) is 99.7 cm³/mol. The van der Waals surface area contributed by atoms with E-state index in [0.29, 0.717) is 11.5 Å². The third-order valence-electron chi connectivity index (χ3n) is 4.21. The summed E-state index contributed by atoms with van der Waals surface area (Å²) in [6, 6.07) is 22.2. The molecule has 0 spiro atoms. The van der Waals surface area contributed by atoms with Gasteiger partial charge in [0.15, 0.2) is 5.82 Å². The van der Waals surface area contributed by atoms with E-state index in [1.54, 1.807) is 0 Å². The highest BCUT2D eigenvalue weighted by Gasteiger charge is 2.29. The lowest BCUT2D eigenvalue weighted by Crippen LogP contribution is -2.05. The van der Waals surface area contributed by atoms with Crippen molar-refractivity contribution < 1.29 is 13.2 Å². The van der Waals surface area contributed by atoms with Crippen LogP contribution in [-0.2, 0) is 6.18 Å². The first-order valence-corrected chi connectivity index (χ1v) is 8.27. The van der Waals surface area contributed by atoms with Crippen LogP contribution in [0, 0.1) is 0 Å². The summed E-state index contributed by atoms with van der Waals surface area (Å²) >= 11 is 0. The SMILES string of the molecule is FC(F)(F)c1ccc(Nc2nnc(-c3ccccc3)c3ccccc23)cc1. The van der Waals surface area contributed by atoms with Gasteiger partial charge in [0, 0.05) is 22.0 Å². The molecule has 3 nitrogen and oxygen atoms in total. The third kappa shape index (κ3) is 3.46. The lowest BCUT2D eigenvalue weighted by Gasteiger charge is -2.12. The molecule has 0 saturated heterocycles. The Morgan fingerprint density at radius 1 is 0.667 bits per heavy atom. The minimum absolute atomic E-state index is 0.491. The van der Waals surface area contributed by atoms with Crippen molar-refractivity contribution in [2.24, 2.45) is 0 Å². The molecule has 4 aromatic rings. The molecular weight excluding hydrogens is 351 g/mol. The van der Waals surface area contributed by atoms with Gasteiger partial charge in [-0.15, -0.1) is 10.2 Å². The third-order valence-corrected chi connectivity index (χ3v) is 4.21. The highest BCUT2D eigenvalue weighted by molar-refractivity contribution is 6.00. The van der Waals surface area contributed by atoms with E-state index in [0.717, 1.165) is 34.2 Å². The van der Waals surface area contributed by atoms with Gasteiger partial charge in [0.25, 0.3) is 0 Å². The molecule has 3 aromatic carbocycles. The molecule has 0 aliphatic rings. The number of alkyl halides is 3. The van der Waals surface area contributed by atoms with Gasteiger partial charge in [0.05, 0.1) is 5.56 Å². The van der Waals surface area contributed by atoms with Gasteiger partial charge in [-0.25, -0.2) is 0 Å². The van der Waals surface area contributed by atoms with E-state index in [-0.39, 0.29) is 0 Å². The molecule has 6 heteroatoms. The first kappa shape index (κ1) is 17.0. The molecule has 134 valence electrons. The largest absolute Gasteiger partial charge is 0.416 e. The molecule has 0 aliphatic carbocycles. The fourth-order valence-electron chi connectivity index (χ4n) is 2.88. The molecule has 0 unspecified atom stereocenters. The van der Waals surface area contributed by atoms with Crippen LogP contribution >= 0.6 is 0 Å². The molecule has 0 amide bonds. The Morgan fingerprint density at radius 2 is 1.30 bits per heavy atom. The number of rotatable bonds is 3. The van der Waals surface area contributed by atoms with Crippen LogP contribution in [0.5, 0.6) is 0 Å². The predicted octanol–water partition coefficient (Wildman–Crippen LogP) is 6.06. The molecule has 4 rings (SSSR count). The number of hydrogen-bond acceptors (Lipinski definition) is 3. The zero-order chi connectivity index (χ0) is 18.9. The van der Waals surface area contributed by atoms with Crippen molar-refractivity contribution in [2.45, 2.75) is 6.18 Å². The van der Waals surface area contributed by atoms with Crippen molar-refractivity contribution >= 4 is 22.3 Å². The molecule has 0 atom stereocenters. The second-order valence-corrected chi connectivity index (χ2v) is 6.01. The fourth-order valence-corrected chi connectivity index (χ4v) is 2.88. The fraction of sp³-hybridized carbons (Fsp3) is 0.0476. The smallest absolute Gasteiger partial charge is 0.338 e. The number of benzene rings is 3. The second-order valence-electron chi connectivity index (χ2n) is 6.01. The van der Waals surface area contributed by atoms with Gasteiger partial charge >= 0.3 is 6.18 Å². The van der Waals surface area contributed by atoms with Gasteiger partial charge in [0.2, 0.25) is 0 Å². The van der Waals surface area contributed by atoms with Gasteiger partial charge < -0.3 is 5.32 Å². The monoisotopic (exact) mass is 365 g/mol. The summed E-state index contributed by atoms with van der Waals surface area (Å²) in [4.78, 5) is 0. The maximum absolute atomic E-state index is 12.7. The molecule has 1 N–H and O–H groups in total. The summed E-state index contributed by atoms with van der Waals surface area (Å²) in [7, 11) is 0. The summed E-state index contributed by atoms with van der Waals surface area (Å²) in [5.74, 6) is 0.491. The number of halogens is 3. The molecule has 27 heavy (non-hydrogen) atoms. The van der Waals surface area contributed by atoms with Crippen molar-refractivity contribution in [1.82, 2.24) is 10.2 Å². The van der Waals surface area contributed by atoms with Crippen LogP contribution in [-0.4, -0.2) is 10.2 Å². The van der Waals surface area contributed by atoms with Crippen molar-refractivity contribution in [3.8, 4) is 11.3 Å². The lowest BCUT2D eigenvalue weighted by molar-refractivity contribution is -0.137. The van der Waals surface area contributed by atoms with Crippen LogP contribution in [0.4, 0.5) is 24.7 Å². The topological polar surface area (TPSA) is 37.8 Å². The molecule has 0 radical (unpaired) electrons. The number of nitrogens with zero attached hydrogens (tertiary/aromatic N) is 2. The van der Waals surface area contributed by atoms with Crippen molar-refractivity contribution in [2.75, 3.05) is 5.32 Å². The maximum atomic E-state index is 12.7. The van der Waals surface area contributed by atoms with E-state index in [1.807, 2.05) is 54.6 Å². The van der Waals surface area contributed by atoms with Crippen LogP contribution < -0.4 is 5.32 Å². The molecular formula is C21H14F3N3.